The minimum atomic E-state index is -1.79. The third kappa shape index (κ3) is 19.9. The predicted molar refractivity (Wildman–Crippen MR) is 346 cm³/mol. The summed E-state index contributed by atoms with van der Waals surface area (Å²) in [6, 6.07) is 10.7. The molecule has 31 nitrogen and oxygen atoms in total. The third-order valence-electron chi connectivity index (χ3n) is 16.3. The Morgan fingerprint density at radius 3 is 1.52 bits per heavy atom. The maximum atomic E-state index is 15.0. The molecule has 11 amide bonds. The van der Waals surface area contributed by atoms with Crippen molar-refractivity contribution in [3.63, 3.8) is 0 Å². The minimum absolute atomic E-state index is 0.0251. The zero-order valence-corrected chi connectivity index (χ0v) is 52.1. The first kappa shape index (κ1) is 70.1. The number of rotatable bonds is 36. The van der Waals surface area contributed by atoms with E-state index in [9.17, 15) is 53.1 Å². The third-order valence-corrected chi connectivity index (χ3v) is 16.3. The number of amides is 11. The number of H-pyrrole nitrogens is 4. The highest BCUT2D eigenvalue weighted by molar-refractivity contribution is 6.00. The average Bonchev–Trinajstić information content (AvgIpc) is 1.81. The van der Waals surface area contributed by atoms with Crippen molar-refractivity contribution in [2.24, 2.45) is 22.9 Å². The first-order valence-corrected chi connectivity index (χ1v) is 31.2. The van der Waals surface area contributed by atoms with Gasteiger partial charge in [0.05, 0.1) is 31.8 Å². The van der Waals surface area contributed by atoms with Gasteiger partial charge < -0.3 is 95.4 Å². The second-order valence-corrected chi connectivity index (χ2v) is 23.3. The van der Waals surface area contributed by atoms with E-state index in [1.165, 1.54) is 29.9 Å². The molecular weight excluding hydrogens is 1230 g/mol. The highest BCUT2D eigenvalue weighted by Gasteiger charge is 2.40. The second kappa shape index (κ2) is 34.2. The molecule has 9 atom stereocenters. The Labute approximate surface area is 545 Å². The van der Waals surface area contributed by atoms with E-state index >= 15 is 4.79 Å². The van der Waals surface area contributed by atoms with Gasteiger partial charge in [-0.25, -0.2) is 9.97 Å². The Hall–Kier alpha value is -10.8. The molecule has 4 aromatic heterocycles. The smallest absolute Gasteiger partial charge is 0.246 e. The lowest BCUT2D eigenvalue weighted by atomic mass is 10.0. The number of primary amides is 2. The van der Waals surface area contributed by atoms with Crippen molar-refractivity contribution in [3.05, 3.63) is 144 Å². The lowest BCUT2D eigenvalue weighted by molar-refractivity contribution is -0.142. The number of hydrogen-bond donors (Lipinski definition) is 17. The number of unbranched alkanes of at least 4 members (excludes halogenated alkanes) is 1. The molecule has 0 bridgehead atoms. The molecule has 0 unspecified atom stereocenters. The minimum Gasteiger partial charge on any atom is -0.394 e. The Balaban J connectivity index is 1.03. The molecule has 31 heteroatoms. The standard InChI is InChI=1S/C64H81N19O12/c65-21-9-8-17-46(57(88)78-47(24-37-28-71-44-15-6-4-13-41(37)44)58(89)81-51(23-36-11-2-1-3-12-36)64(95)83-22-10-18-53(83)63(94)73-32-55(68)86)76-60(91)50(27-40-31-70-35-75-40)80-62(93)52(33-84)82-59(90)48(25-38-29-72-45-16-7-5-14-42(38)45)79-61(92)49(26-39-30-69-34-74-39)77-56(87)43(66)19-20-54(67)85/h1-7,11-16,28-31,34-35,43,46-53,71-72,84H,8-10,17-27,32-33,65-66H2,(H2,67,85)(H2,68,86)(H,69,74)(H,70,75)(H,73,94)(H,76,91)(H,77,87)(H,78,88)(H,79,92)(H,80,93)(H,81,89)(H,82,90)/t43-,46-,47-,48-,49-,50-,51-,52-,53-/m0/s1. The van der Waals surface area contributed by atoms with Crippen LogP contribution in [0.5, 0.6) is 0 Å². The van der Waals surface area contributed by atoms with Gasteiger partial charge in [0, 0.05) is 103 Å². The Bertz CT molecular complexity index is 3780. The van der Waals surface area contributed by atoms with Crippen LogP contribution >= 0.6 is 0 Å². The van der Waals surface area contributed by atoms with Gasteiger partial charge in [-0.15, -0.1) is 0 Å². The van der Waals surface area contributed by atoms with Crippen LogP contribution in [0.3, 0.4) is 0 Å². The van der Waals surface area contributed by atoms with E-state index in [-0.39, 0.29) is 70.9 Å². The number of carbonyl (C=O) groups is 11. The SMILES string of the molecule is NCCCC[C@H](NC(=O)[C@H](Cc1cnc[nH]1)NC(=O)[C@H](CO)NC(=O)[C@H](Cc1c[nH]c2ccccc12)NC(=O)[C@H](Cc1cnc[nH]1)NC(=O)[C@@H](N)CCC(N)=O)C(=O)N[C@@H](Cc1c[nH]c2ccccc12)C(=O)N[C@@H](Cc1ccccc1)C(=O)N1CCC[C@H]1C(=O)NCC(N)=O. The Morgan fingerprint density at radius 1 is 0.537 bits per heavy atom. The van der Waals surface area contributed by atoms with E-state index in [0.717, 1.165) is 10.9 Å². The lowest BCUT2D eigenvalue weighted by Gasteiger charge is -2.30. The highest BCUT2D eigenvalue weighted by Crippen LogP contribution is 2.23. The summed E-state index contributed by atoms with van der Waals surface area (Å²) in [5.41, 5.74) is 26.6. The van der Waals surface area contributed by atoms with Gasteiger partial charge in [0.1, 0.15) is 48.3 Å². The van der Waals surface area contributed by atoms with Crippen molar-refractivity contribution < 1.29 is 57.8 Å². The summed E-state index contributed by atoms with van der Waals surface area (Å²) < 4.78 is 0. The molecule has 1 saturated heterocycles. The molecule has 8 rings (SSSR count). The summed E-state index contributed by atoms with van der Waals surface area (Å²) in [5, 5.41) is 33.6. The molecule has 1 aliphatic heterocycles. The normalized spacial score (nSPS) is 15.4. The van der Waals surface area contributed by atoms with Crippen molar-refractivity contribution in [2.75, 3.05) is 26.2 Å². The quantitative estimate of drug-likeness (QED) is 0.0178. The summed E-state index contributed by atoms with van der Waals surface area (Å²) in [7, 11) is 0. The number of benzene rings is 3. The first-order chi connectivity index (χ1) is 45.8. The summed E-state index contributed by atoms with van der Waals surface area (Å²) in [4.78, 5) is 174. The fourth-order valence-electron chi connectivity index (χ4n) is 11.3. The zero-order chi connectivity index (χ0) is 68.0. The Morgan fingerprint density at radius 2 is 1.01 bits per heavy atom. The van der Waals surface area contributed by atoms with Gasteiger partial charge in [-0.3, -0.25) is 52.7 Å². The van der Waals surface area contributed by atoms with Crippen molar-refractivity contribution in [1.29, 1.82) is 0 Å². The number of nitrogens with one attached hydrogen (secondary N) is 12. The largest absolute Gasteiger partial charge is 0.394 e. The molecular formula is C64H81N19O12. The molecule has 3 aromatic carbocycles. The van der Waals surface area contributed by atoms with Crippen LogP contribution in [0.25, 0.3) is 21.8 Å². The fourth-order valence-corrected chi connectivity index (χ4v) is 11.3. The van der Waals surface area contributed by atoms with E-state index in [1.807, 2.05) is 18.2 Å². The van der Waals surface area contributed by atoms with Crippen LogP contribution in [0, 0.1) is 0 Å². The lowest BCUT2D eigenvalue weighted by Crippen LogP contribution is -2.61. The average molecular weight is 1310 g/mol. The summed E-state index contributed by atoms with van der Waals surface area (Å²) >= 11 is 0. The Kier molecular flexibility index (Phi) is 25.2. The number of nitrogens with zero attached hydrogens (tertiary/aromatic N) is 3. The number of aromatic nitrogens is 6. The number of para-hydroxylation sites is 2. The van der Waals surface area contributed by atoms with Gasteiger partial charge in [0.15, 0.2) is 0 Å². The van der Waals surface area contributed by atoms with E-state index in [4.69, 9.17) is 22.9 Å². The number of hydrogen-bond acceptors (Lipinski definition) is 16. The molecule has 0 radical (unpaired) electrons. The van der Waals surface area contributed by atoms with Gasteiger partial charge in [-0.05, 0) is 73.9 Å². The molecule has 7 aromatic rings. The van der Waals surface area contributed by atoms with E-state index in [1.54, 1.807) is 73.1 Å². The molecule has 1 aliphatic rings. The van der Waals surface area contributed by atoms with Gasteiger partial charge in [-0.1, -0.05) is 66.7 Å². The van der Waals surface area contributed by atoms with Crippen LogP contribution < -0.4 is 65.5 Å². The summed E-state index contributed by atoms with van der Waals surface area (Å²) in [6.07, 6.45) is 9.08. The number of nitrogens with two attached hydrogens (primary N) is 4. The number of likely N-dealkylation sites (tertiary alicyclic amines) is 1. The van der Waals surface area contributed by atoms with Crippen molar-refractivity contribution in [2.45, 2.75) is 131 Å². The van der Waals surface area contributed by atoms with Gasteiger partial charge in [0.25, 0.3) is 0 Å². The molecule has 0 saturated carbocycles. The second-order valence-electron chi connectivity index (χ2n) is 23.3. The maximum Gasteiger partial charge on any atom is 0.246 e. The van der Waals surface area contributed by atoms with Gasteiger partial charge >= 0.3 is 0 Å². The van der Waals surface area contributed by atoms with Crippen LogP contribution in [-0.4, -0.2) is 186 Å². The number of aliphatic hydroxyl groups is 1. The number of imidazole rings is 2. The number of carbonyl (C=O) groups excluding carboxylic acids is 11. The number of aliphatic hydroxyl groups excluding tert-OH is 1. The molecule has 21 N–H and O–H groups in total. The highest BCUT2D eigenvalue weighted by atomic mass is 16.3. The first-order valence-electron chi connectivity index (χ1n) is 31.2. The zero-order valence-electron chi connectivity index (χ0n) is 52.1. The van der Waals surface area contributed by atoms with E-state index in [2.05, 4.69) is 72.4 Å². The topological polar surface area (TPSA) is 500 Å². The predicted octanol–water partition coefficient (Wildman–Crippen LogP) is -2.69. The van der Waals surface area contributed by atoms with Crippen molar-refractivity contribution in [1.82, 2.24) is 77.3 Å². The van der Waals surface area contributed by atoms with E-state index < -0.39 is 133 Å². The molecule has 0 spiro atoms. The fraction of sp³-hybridized carbons (Fsp3) is 0.391. The van der Waals surface area contributed by atoms with Gasteiger partial charge in [-0.2, -0.15) is 0 Å². The number of fused-ring (bicyclic) bond motifs is 2. The van der Waals surface area contributed by atoms with Crippen LogP contribution in [0.1, 0.15) is 73.0 Å². The van der Waals surface area contributed by atoms with Crippen LogP contribution in [0.2, 0.25) is 0 Å². The van der Waals surface area contributed by atoms with Crippen molar-refractivity contribution in [3.8, 4) is 0 Å². The summed E-state index contributed by atoms with van der Waals surface area (Å²) in [5.74, 6) is -8.91. The molecule has 504 valence electrons. The molecule has 95 heavy (non-hydrogen) atoms. The van der Waals surface area contributed by atoms with Gasteiger partial charge in [0.2, 0.25) is 65.0 Å². The monoisotopic (exact) mass is 1310 g/mol. The van der Waals surface area contributed by atoms with Crippen LogP contribution in [0.4, 0.5) is 0 Å². The molecule has 5 heterocycles. The maximum absolute atomic E-state index is 15.0. The molecule has 0 aliphatic carbocycles. The van der Waals surface area contributed by atoms with E-state index in [0.29, 0.717) is 58.2 Å². The summed E-state index contributed by atoms with van der Waals surface area (Å²) in [6.45, 7) is -1.10. The molecule has 1 fully saturated rings. The van der Waals surface area contributed by atoms with Crippen molar-refractivity contribution >= 4 is 86.8 Å². The number of aromatic amines is 4. The van der Waals surface area contributed by atoms with Crippen LogP contribution in [-0.2, 0) is 84.8 Å². The van der Waals surface area contributed by atoms with Crippen LogP contribution in [0.15, 0.2) is 116 Å².